The molecule has 1 atom stereocenters. The third-order valence-electron chi connectivity index (χ3n) is 4.39. The molecule has 2 aromatic rings. The number of halogens is 2. The molecule has 0 radical (unpaired) electrons. The van der Waals surface area contributed by atoms with Gasteiger partial charge in [-0.15, -0.1) is 0 Å². The fourth-order valence-corrected chi connectivity index (χ4v) is 4.77. The molecule has 0 aromatic heterocycles. The van der Waals surface area contributed by atoms with Gasteiger partial charge in [-0.05, 0) is 50.1 Å². The Balaban J connectivity index is 1.71. The van der Waals surface area contributed by atoms with E-state index in [-0.39, 0.29) is 9.92 Å². The number of benzene rings is 2. The third kappa shape index (κ3) is 4.60. The van der Waals surface area contributed by atoms with Crippen LogP contribution in [0.15, 0.2) is 47.4 Å². The molecule has 1 heterocycles. The minimum atomic E-state index is -3.56. The van der Waals surface area contributed by atoms with Crippen LogP contribution in [0.5, 0.6) is 5.75 Å². The van der Waals surface area contributed by atoms with Crippen molar-refractivity contribution in [2.75, 3.05) is 18.4 Å². The van der Waals surface area contributed by atoms with E-state index in [1.165, 1.54) is 16.4 Å². The molecule has 2 aromatic carbocycles. The highest BCUT2D eigenvalue weighted by Crippen LogP contribution is 2.32. The zero-order chi connectivity index (χ0) is 20.3. The molecule has 1 unspecified atom stereocenters. The molecule has 9 heteroatoms. The van der Waals surface area contributed by atoms with Crippen molar-refractivity contribution in [1.29, 1.82) is 0 Å². The summed E-state index contributed by atoms with van der Waals surface area (Å²) in [6.07, 6.45) is 0.850. The van der Waals surface area contributed by atoms with Gasteiger partial charge in [0.2, 0.25) is 10.0 Å². The minimum absolute atomic E-state index is 0.152. The second kappa shape index (κ2) is 8.69. The molecule has 1 N–H and O–H groups in total. The highest BCUT2D eigenvalue weighted by Gasteiger charge is 2.27. The van der Waals surface area contributed by atoms with Crippen molar-refractivity contribution < 1.29 is 17.9 Å². The molecule has 6 nitrogen and oxygen atoms in total. The first-order chi connectivity index (χ1) is 13.3. The van der Waals surface area contributed by atoms with Crippen LogP contribution in [-0.2, 0) is 14.8 Å². The predicted molar refractivity (Wildman–Crippen MR) is 110 cm³/mol. The quantitative estimate of drug-likeness (QED) is 0.727. The average molecular weight is 443 g/mol. The summed E-state index contributed by atoms with van der Waals surface area (Å²) in [5.41, 5.74) is 0.373. The Bertz CT molecular complexity index is 976. The first-order valence-corrected chi connectivity index (χ1v) is 11.0. The summed E-state index contributed by atoms with van der Waals surface area (Å²) in [6.45, 7) is 2.60. The van der Waals surface area contributed by atoms with Gasteiger partial charge >= 0.3 is 0 Å². The number of sulfonamides is 1. The number of hydrogen-bond acceptors (Lipinski definition) is 4. The Labute approximate surface area is 174 Å². The molecule has 1 saturated heterocycles. The first kappa shape index (κ1) is 20.9. The topological polar surface area (TPSA) is 75.7 Å². The number of hydrogen-bond donors (Lipinski definition) is 1. The number of carbonyl (C=O) groups excluding carboxylic acids is 1. The van der Waals surface area contributed by atoms with Crippen LogP contribution in [0.4, 0.5) is 5.69 Å². The fraction of sp³-hybridized carbons (Fsp3) is 0.316. The Hall–Kier alpha value is -1.80. The lowest BCUT2D eigenvalue weighted by atomic mass is 10.3. The van der Waals surface area contributed by atoms with Crippen LogP contribution in [0.25, 0.3) is 0 Å². The van der Waals surface area contributed by atoms with Crippen molar-refractivity contribution in [3.63, 3.8) is 0 Å². The number of anilines is 1. The molecule has 150 valence electrons. The van der Waals surface area contributed by atoms with Gasteiger partial charge in [0.05, 0.1) is 9.92 Å². The lowest BCUT2D eigenvalue weighted by Gasteiger charge is -2.18. The van der Waals surface area contributed by atoms with Gasteiger partial charge in [0, 0.05) is 18.8 Å². The monoisotopic (exact) mass is 442 g/mol. The third-order valence-corrected chi connectivity index (χ3v) is 7.09. The summed E-state index contributed by atoms with van der Waals surface area (Å²) in [6, 6.07) is 11.1. The van der Waals surface area contributed by atoms with Gasteiger partial charge in [-0.25, -0.2) is 8.42 Å². The van der Waals surface area contributed by atoms with Gasteiger partial charge in [-0.3, -0.25) is 4.79 Å². The lowest BCUT2D eigenvalue weighted by molar-refractivity contribution is -0.122. The second-order valence-corrected chi connectivity index (χ2v) is 9.16. The van der Waals surface area contributed by atoms with E-state index < -0.39 is 22.0 Å². The molecule has 0 saturated carbocycles. The number of nitrogens with zero attached hydrogens (tertiary/aromatic N) is 1. The smallest absolute Gasteiger partial charge is 0.265 e. The summed E-state index contributed by atoms with van der Waals surface area (Å²) in [5.74, 6) is -0.144. The molecule has 1 aliphatic rings. The van der Waals surface area contributed by atoms with Crippen LogP contribution < -0.4 is 10.1 Å². The van der Waals surface area contributed by atoms with Crippen LogP contribution in [0, 0.1) is 0 Å². The van der Waals surface area contributed by atoms with Crippen molar-refractivity contribution >= 4 is 44.8 Å². The van der Waals surface area contributed by atoms with E-state index in [1.807, 2.05) is 0 Å². The summed E-state index contributed by atoms with van der Waals surface area (Å²) >= 11 is 12.0. The van der Waals surface area contributed by atoms with Crippen molar-refractivity contribution in [2.45, 2.75) is 30.8 Å². The molecule has 0 bridgehead atoms. The highest BCUT2D eigenvalue weighted by atomic mass is 35.5. The predicted octanol–water partition coefficient (Wildman–Crippen LogP) is 4.18. The normalized spacial score (nSPS) is 16.0. The lowest BCUT2D eigenvalue weighted by Crippen LogP contribution is -2.30. The maximum atomic E-state index is 12.7. The fourth-order valence-electron chi connectivity index (χ4n) is 2.87. The second-order valence-electron chi connectivity index (χ2n) is 6.44. The molecular formula is C19H20Cl2N2O4S. The molecule has 1 fully saturated rings. The standard InChI is InChI=1S/C19H20Cl2N2O4S/c1-13(27-17-9-5-8-16(20)18(17)21)19(24)22-14-6-4-7-15(12-14)28(25,26)23-10-2-3-11-23/h4-9,12-13H,2-3,10-11H2,1H3,(H,22,24). The molecule has 3 rings (SSSR count). The van der Waals surface area contributed by atoms with E-state index in [4.69, 9.17) is 27.9 Å². The van der Waals surface area contributed by atoms with E-state index in [0.717, 1.165) is 12.8 Å². The van der Waals surface area contributed by atoms with Gasteiger partial charge < -0.3 is 10.1 Å². The van der Waals surface area contributed by atoms with E-state index >= 15 is 0 Å². The number of rotatable bonds is 6. The molecule has 0 aliphatic carbocycles. The average Bonchev–Trinajstić information content (AvgIpc) is 3.21. The largest absolute Gasteiger partial charge is 0.479 e. The van der Waals surface area contributed by atoms with Crippen molar-refractivity contribution in [2.24, 2.45) is 0 Å². The van der Waals surface area contributed by atoms with Crippen molar-refractivity contribution in [1.82, 2.24) is 4.31 Å². The molecule has 1 aliphatic heterocycles. The van der Waals surface area contributed by atoms with Crippen LogP contribution in [0.3, 0.4) is 0 Å². The van der Waals surface area contributed by atoms with Gasteiger partial charge in [0.15, 0.2) is 6.10 Å². The zero-order valence-electron chi connectivity index (χ0n) is 15.2. The number of ether oxygens (including phenoxy) is 1. The Morgan fingerprint density at radius 1 is 1.14 bits per heavy atom. The number of amides is 1. The summed E-state index contributed by atoms with van der Waals surface area (Å²) in [4.78, 5) is 12.6. The minimum Gasteiger partial charge on any atom is -0.479 e. The maximum Gasteiger partial charge on any atom is 0.265 e. The van der Waals surface area contributed by atoms with E-state index in [0.29, 0.717) is 29.5 Å². The van der Waals surface area contributed by atoms with Crippen LogP contribution in [0.2, 0.25) is 10.0 Å². The number of carbonyl (C=O) groups is 1. The zero-order valence-corrected chi connectivity index (χ0v) is 17.5. The van der Waals surface area contributed by atoms with E-state index in [1.54, 1.807) is 37.3 Å². The number of nitrogens with one attached hydrogen (secondary N) is 1. The van der Waals surface area contributed by atoms with Crippen molar-refractivity contribution in [3.05, 3.63) is 52.5 Å². The molecule has 1 amide bonds. The maximum absolute atomic E-state index is 12.7. The highest BCUT2D eigenvalue weighted by molar-refractivity contribution is 7.89. The SMILES string of the molecule is CC(Oc1cccc(Cl)c1Cl)C(=O)Nc1cccc(S(=O)(=O)N2CCCC2)c1. The molecular weight excluding hydrogens is 423 g/mol. The summed E-state index contributed by atoms with van der Waals surface area (Å²) in [5, 5.41) is 3.23. The first-order valence-electron chi connectivity index (χ1n) is 8.81. The van der Waals surface area contributed by atoms with Crippen LogP contribution in [0.1, 0.15) is 19.8 Å². The van der Waals surface area contributed by atoms with Crippen LogP contribution >= 0.6 is 23.2 Å². The van der Waals surface area contributed by atoms with Gasteiger partial charge in [0.25, 0.3) is 5.91 Å². The Morgan fingerprint density at radius 3 is 2.54 bits per heavy atom. The van der Waals surface area contributed by atoms with Gasteiger partial charge in [-0.2, -0.15) is 4.31 Å². The van der Waals surface area contributed by atoms with E-state index in [2.05, 4.69) is 5.32 Å². The summed E-state index contributed by atoms with van der Waals surface area (Å²) < 4.78 is 32.4. The van der Waals surface area contributed by atoms with Crippen LogP contribution in [-0.4, -0.2) is 37.8 Å². The Kier molecular flexibility index (Phi) is 6.50. The molecule has 0 spiro atoms. The van der Waals surface area contributed by atoms with Crippen molar-refractivity contribution in [3.8, 4) is 5.75 Å². The summed E-state index contributed by atoms with van der Waals surface area (Å²) in [7, 11) is -3.56. The van der Waals surface area contributed by atoms with E-state index in [9.17, 15) is 13.2 Å². The van der Waals surface area contributed by atoms with Gasteiger partial charge in [-0.1, -0.05) is 35.3 Å². The Morgan fingerprint density at radius 2 is 1.82 bits per heavy atom. The molecule has 28 heavy (non-hydrogen) atoms. The van der Waals surface area contributed by atoms with Gasteiger partial charge in [0.1, 0.15) is 10.8 Å².